The summed E-state index contributed by atoms with van der Waals surface area (Å²) in [5, 5.41) is 3.32. The van der Waals surface area contributed by atoms with Crippen LogP contribution < -0.4 is 11.1 Å². The summed E-state index contributed by atoms with van der Waals surface area (Å²) in [7, 11) is 0. The molecule has 29 heavy (non-hydrogen) atoms. The minimum atomic E-state index is -0.323. The highest BCUT2D eigenvalue weighted by molar-refractivity contribution is 5.83. The number of primary amides is 1. The van der Waals surface area contributed by atoms with Crippen molar-refractivity contribution in [3.05, 3.63) is 60.2 Å². The zero-order valence-electron chi connectivity index (χ0n) is 17.2. The Morgan fingerprint density at radius 2 is 1.83 bits per heavy atom. The van der Waals surface area contributed by atoms with E-state index in [-0.39, 0.29) is 23.3 Å². The Labute approximate surface area is 173 Å². The van der Waals surface area contributed by atoms with E-state index in [0.29, 0.717) is 19.3 Å². The van der Waals surface area contributed by atoms with Crippen molar-refractivity contribution in [2.45, 2.75) is 63.8 Å². The van der Waals surface area contributed by atoms with Crippen molar-refractivity contribution in [2.75, 3.05) is 0 Å². The summed E-state index contributed by atoms with van der Waals surface area (Å²) in [4.78, 5) is 24.9. The molecule has 2 aromatic carbocycles. The van der Waals surface area contributed by atoms with E-state index >= 15 is 0 Å². The molecule has 0 aliphatic heterocycles. The lowest BCUT2D eigenvalue weighted by Gasteiger charge is -2.40. The van der Waals surface area contributed by atoms with Gasteiger partial charge in [-0.3, -0.25) is 9.59 Å². The molecule has 3 N–H and O–H groups in total. The number of nitrogens with two attached hydrogens (primary N) is 1. The minimum Gasteiger partial charge on any atom is -0.369 e. The minimum absolute atomic E-state index is 0.00278. The predicted molar refractivity (Wildman–Crippen MR) is 116 cm³/mol. The number of benzene rings is 2. The number of rotatable bonds is 8. The molecule has 0 aromatic heterocycles. The van der Waals surface area contributed by atoms with Crippen molar-refractivity contribution in [3.8, 4) is 11.1 Å². The third-order valence-electron chi connectivity index (χ3n) is 6.10. The maximum atomic E-state index is 13.1. The quantitative estimate of drug-likeness (QED) is 0.699. The molecular formula is C25H31N2O2. The average Bonchev–Trinajstić information content (AvgIpc) is 2.73. The second kappa shape index (κ2) is 9.73. The van der Waals surface area contributed by atoms with Crippen LogP contribution in [0.15, 0.2) is 48.5 Å². The molecule has 0 bridgehead atoms. The summed E-state index contributed by atoms with van der Waals surface area (Å²) < 4.78 is 0. The Hall–Kier alpha value is -2.62. The van der Waals surface area contributed by atoms with Gasteiger partial charge in [-0.15, -0.1) is 0 Å². The highest BCUT2D eigenvalue weighted by Gasteiger charge is 2.36. The fraction of sp³-hybridized carbons (Fsp3) is 0.440. The first kappa shape index (κ1) is 21.1. The summed E-state index contributed by atoms with van der Waals surface area (Å²) in [6, 6.07) is 19.1. The molecule has 1 saturated carbocycles. The van der Waals surface area contributed by atoms with Crippen LogP contribution >= 0.6 is 0 Å². The van der Waals surface area contributed by atoms with Crippen molar-refractivity contribution in [3.63, 3.8) is 0 Å². The number of nitrogens with one attached hydrogen (secondary N) is 1. The lowest BCUT2D eigenvalue weighted by molar-refractivity contribution is -0.126. The van der Waals surface area contributed by atoms with Gasteiger partial charge in [-0.05, 0) is 48.4 Å². The molecule has 0 spiro atoms. The molecule has 0 saturated heterocycles. The van der Waals surface area contributed by atoms with E-state index in [1.54, 1.807) is 0 Å². The Balaban J connectivity index is 1.77. The van der Waals surface area contributed by atoms with Crippen LogP contribution in [0.3, 0.4) is 0 Å². The summed E-state index contributed by atoms with van der Waals surface area (Å²) >= 11 is 0. The van der Waals surface area contributed by atoms with Gasteiger partial charge in [0, 0.05) is 11.5 Å². The lowest BCUT2D eigenvalue weighted by atomic mass is 9.75. The van der Waals surface area contributed by atoms with Gasteiger partial charge in [-0.25, -0.2) is 0 Å². The van der Waals surface area contributed by atoms with E-state index in [2.05, 4.69) is 11.4 Å². The molecule has 1 unspecified atom stereocenters. The SMILES string of the molecule is CCC(CC1(NC(=O)Cc2ccc[c]c2-c2ccccc2)CCCCC1)C(N)=O. The first-order valence-electron chi connectivity index (χ1n) is 10.7. The van der Waals surface area contributed by atoms with Gasteiger partial charge in [0.05, 0.1) is 6.42 Å². The topological polar surface area (TPSA) is 72.2 Å². The number of carbonyl (C=O) groups is 2. The van der Waals surface area contributed by atoms with Crippen LogP contribution in [0.25, 0.3) is 11.1 Å². The number of hydrogen-bond donors (Lipinski definition) is 2. The molecule has 3 rings (SSSR count). The molecule has 153 valence electrons. The van der Waals surface area contributed by atoms with Gasteiger partial charge in [-0.1, -0.05) is 74.7 Å². The molecule has 0 heterocycles. The van der Waals surface area contributed by atoms with Gasteiger partial charge in [0.15, 0.2) is 0 Å². The average molecular weight is 392 g/mol. The highest BCUT2D eigenvalue weighted by atomic mass is 16.2. The summed E-state index contributed by atoms with van der Waals surface area (Å²) in [6.45, 7) is 1.99. The Morgan fingerprint density at radius 3 is 2.48 bits per heavy atom. The zero-order valence-corrected chi connectivity index (χ0v) is 17.2. The van der Waals surface area contributed by atoms with Crippen LogP contribution in [0.2, 0.25) is 0 Å². The second-order valence-corrected chi connectivity index (χ2v) is 8.21. The molecule has 1 fully saturated rings. The molecular weight excluding hydrogens is 360 g/mol. The van der Waals surface area contributed by atoms with Gasteiger partial charge in [0.1, 0.15) is 0 Å². The van der Waals surface area contributed by atoms with Crippen LogP contribution in [-0.2, 0) is 16.0 Å². The van der Waals surface area contributed by atoms with Gasteiger partial charge >= 0.3 is 0 Å². The molecule has 4 heteroatoms. The Kier molecular flexibility index (Phi) is 7.08. The van der Waals surface area contributed by atoms with Crippen LogP contribution in [0.4, 0.5) is 0 Å². The zero-order chi connectivity index (χ0) is 20.7. The van der Waals surface area contributed by atoms with Crippen molar-refractivity contribution in [2.24, 2.45) is 11.7 Å². The van der Waals surface area contributed by atoms with E-state index in [1.807, 2.05) is 55.5 Å². The molecule has 1 atom stereocenters. The van der Waals surface area contributed by atoms with Crippen molar-refractivity contribution < 1.29 is 9.59 Å². The van der Waals surface area contributed by atoms with Gasteiger partial charge in [-0.2, -0.15) is 0 Å². The Bertz CT molecular complexity index is 826. The van der Waals surface area contributed by atoms with Crippen LogP contribution in [0.5, 0.6) is 0 Å². The second-order valence-electron chi connectivity index (χ2n) is 8.21. The fourth-order valence-corrected chi connectivity index (χ4v) is 4.53. The first-order valence-corrected chi connectivity index (χ1v) is 10.7. The predicted octanol–water partition coefficient (Wildman–Crippen LogP) is 4.42. The number of hydrogen-bond acceptors (Lipinski definition) is 2. The van der Waals surface area contributed by atoms with E-state index < -0.39 is 0 Å². The Morgan fingerprint density at radius 1 is 1.10 bits per heavy atom. The largest absolute Gasteiger partial charge is 0.369 e. The third-order valence-corrected chi connectivity index (χ3v) is 6.10. The summed E-state index contributed by atoms with van der Waals surface area (Å²) in [5.74, 6) is -0.461. The maximum Gasteiger partial charge on any atom is 0.224 e. The van der Waals surface area contributed by atoms with Crippen LogP contribution in [-0.4, -0.2) is 17.4 Å². The number of carbonyl (C=O) groups excluding carboxylic acids is 2. The fourth-order valence-electron chi connectivity index (χ4n) is 4.53. The standard InChI is InChI=1S/C25H31N2O2/c1-2-19(24(26)29)18-25(15-9-4-10-16-25)27-23(28)17-21-13-7-8-14-22(21)20-11-5-3-6-12-20/h3,5-8,11-13,19H,2,4,9-10,15-18H2,1H3,(H2,26,29)(H,27,28). The van der Waals surface area contributed by atoms with Gasteiger partial charge in [0.2, 0.25) is 11.8 Å². The first-order chi connectivity index (χ1) is 14.0. The normalized spacial score (nSPS) is 16.7. The highest BCUT2D eigenvalue weighted by Crippen LogP contribution is 2.35. The van der Waals surface area contributed by atoms with E-state index in [0.717, 1.165) is 42.4 Å². The monoisotopic (exact) mass is 391 g/mol. The van der Waals surface area contributed by atoms with Crippen LogP contribution in [0, 0.1) is 12.0 Å². The number of amides is 2. The molecule has 2 amide bonds. The van der Waals surface area contributed by atoms with Crippen molar-refractivity contribution >= 4 is 11.8 Å². The lowest BCUT2D eigenvalue weighted by Crippen LogP contribution is -2.52. The molecule has 1 radical (unpaired) electrons. The summed E-state index contributed by atoms with van der Waals surface area (Å²) in [6.07, 6.45) is 6.79. The summed E-state index contributed by atoms with van der Waals surface area (Å²) in [5.41, 5.74) is 8.27. The van der Waals surface area contributed by atoms with E-state index in [9.17, 15) is 9.59 Å². The van der Waals surface area contributed by atoms with Crippen molar-refractivity contribution in [1.29, 1.82) is 0 Å². The van der Waals surface area contributed by atoms with Gasteiger partial charge < -0.3 is 11.1 Å². The maximum absolute atomic E-state index is 13.1. The van der Waals surface area contributed by atoms with E-state index in [4.69, 9.17) is 5.73 Å². The smallest absolute Gasteiger partial charge is 0.224 e. The van der Waals surface area contributed by atoms with Crippen molar-refractivity contribution in [1.82, 2.24) is 5.32 Å². The van der Waals surface area contributed by atoms with Crippen LogP contribution in [0.1, 0.15) is 57.4 Å². The molecule has 2 aromatic rings. The molecule has 1 aliphatic rings. The van der Waals surface area contributed by atoms with E-state index in [1.165, 1.54) is 6.42 Å². The molecule has 4 nitrogen and oxygen atoms in total. The third kappa shape index (κ3) is 5.47. The molecule has 1 aliphatic carbocycles. The van der Waals surface area contributed by atoms with Gasteiger partial charge in [0.25, 0.3) is 0 Å².